The molecule has 4 heteroatoms. The second-order valence-electron chi connectivity index (χ2n) is 5.02. The molecule has 3 rings (SSSR count). The number of halogens is 1. The molecule has 1 unspecified atom stereocenters. The molecule has 0 spiro atoms. The summed E-state index contributed by atoms with van der Waals surface area (Å²) in [6.45, 7) is 0. The van der Waals surface area contributed by atoms with Gasteiger partial charge in [-0.25, -0.2) is 0 Å². The first kappa shape index (κ1) is 14.1. The number of amidine groups is 1. The number of ether oxygens (including phenoxy) is 1. The van der Waals surface area contributed by atoms with Gasteiger partial charge in [-0.1, -0.05) is 41.9 Å². The van der Waals surface area contributed by atoms with E-state index in [2.05, 4.69) is 22.0 Å². The van der Waals surface area contributed by atoms with Crippen LogP contribution in [-0.4, -0.2) is 27.0 Å². The van der Waals surface area contributed by atoms with Gasteiger partial charge in [0.05, 0.1) is 0 Å². The fourth-order valence-electron chi connectivity index (χ4n) is 3.14. The van der Waals surface area contributed by atoms with Gasteiger partial charge in [-0.2, -0.15) is 0 Å². The molecular weight excluding hydrogens is 284 g/mol. The fourth-order valence-corrected chi connectivity index (χ4v) is 3.31. The van der Waals surface area contributed by atoms with Crippen molar-refractivity contribution in [1.82, 2.24) is 0 Å². The maximum absolute atomic E-state index is 6.22. The summed E-state index contributed by atoms with van der Waals surface area (Å²) in [5, 5.41) is 0.692. The molecule has 1 atom stereocenters. The lowest BCUT2D eigenvalue weighted by Crippen LogP contribution is -2.41. The highest BCUT2D eigenvalue weighted by atomic mass is 35.5. The lowest BCUT2D eigenvalue weighted by atomic mass is 9.87. The first-order valence-corrected chi connectivity index (χ1v) is 7.14. The van der Waals surface area contributed by atoms with Crippen molar-refractivity contribution >= 4 is 23.1 Å². The summed E-state index contributed by atoms with van der Waals surface area (Å²) in [5.41, 5.74) is 2.41. The third-order valence-electron chi connectivity index (χ3n) is 4.03. The number of hydrogen-bond donors (Lipinski definition) is 0. The Morgan fingerprint density at radius 2 is 1.86 bits per heavy atom. The number of aliphatic imine (C=N–C) groups is 1. The Hall–Kier alpha value is -1.84. The summed E-state index contributed by atoms with van der Waals surface area (Å²) in [6.07, 6.45) is 0. The zero-order chi connectivity index (χ0) is 15.0. The molecule has 3 nitrogen and oxygen atoms in total. The lowest BCUT2D eigenvalue weighted by molar-refractivity contribution is 0.0860. The van der Waals surface area contributed by atoms with Gasteiger partial charge in [0.25, 0.3) is 0 Å². The summed E-state index contributed by atoms with van der Waals surface area (Å²) in [6, 6.07) is 16.0. The SMILES string of the molecule is CN=C1N(C)c2ccc(Cl)cc2C1(OC)c1ccccc1. The van der Waals surface area contributed by atoms with E-state index in [1.54, 1.807) is 14.2 Å². The molecule has 1 aliphatic rings. The van der Waals surface area contributed by atoms with Crippen LogP contribution in [0.15, 0.2) is 53.5 Å². The molecule has 0 N–H and O–H groups in total. The largest absolute Gasteiger partial charge is 0.361 e. The number of methoxy groups -OCH3 is 1. The molecular formula is C17H17ClN2O. The number of fused-ring (bicyclic) bond motifs is 1. The van der Waals surface area contributed by atoms with Crippen LogP contribution in [0, 0.1) is 0 Å². The smallest absolute Gasteiger partial charge is 0.177 e. The van der Waals surface area contributed by atoms with E-state index in [-0.39, 0.29) is 0 Å². The molecule has 0 saturated carbocycles. The third-order valence-corrected chi connectivity index (χ3v) is 4.27. The number of anilines is 1. The van der Waals surface area contributed by atoms with E-state index >= 15 is 0 Å². The second-order valence-corrected chi connectivity index (χ2v) is 5.46. The quantitative estimate of drug-likeness (QED) is 0.844. The Morgan fingerprint density at radius 1 is 1.14 bits per heavy atom. The van der Waals surface area contributed by atoms with Gasteiger partial charge in [0.2, 0.25) is 0 Å². The first-order valence-electron chi connectivity index (χ1n) is 6.77. The Morgan fingerprint density at radius 3 is 2.48 bits per heavy atom. The molecule has 0 aliphatic carbocycles. The Balaban J connectivity index is 2.36. The topological polar surface area (TPSA) is 24.8 Å². The van der Waals surface area contributed by atoms with Crippen LogP contribution in [0.2, 0.25) is 5.02 Å². The maximum atomic E-state index is 6.22. The maximum Gasteiger partial charge on any atom is 0.177 e. The minimum atomic E-state index is -0.717. The van der Waals surface area contributed by atoms with Crippen molar-refractivity contribution in [3.63, 3.8) is 0 Å². The molecule has 0 bridgehead atoms. The highest BCUT2D eigenvalue weighted by Gasteiger charge is 2.49. The van der Waals surface area contributed by atoms with Crippen LogP contribution >= 0.6 is 11.6 Å². The average molecular weight is 301 g/mol. The van der Waals surface area contributed by atoms with E-state index in [1.165, 1.54) is 0 Å². The molecule has 0 fully saturated rings. The monoisotopic (exact) mass is 300 g/mol. The van der Waals surface area contributed by atoms with Gasteiger partial charge in [0.15, 0.2) is 5.60 Å². The molecule has 0 amide bonds. The van der Waals surface area contributed by atoms with E-state index in [0.29, 0.717) is 5.02 Å². The lowest BCUT2D eigenvalue weighted by Gasteiger charge is -2.30. The van der Waals surface area contributed by atoms with E-state index in [4.69, 9.17) is 16.3 Å². The normalized spacial score (nSPS) is 22.7. The van der Waals surface area contributed by atoms with Crippen molar-refractivity contribution in [1.29, 1.82) is 0 Å². The predicted octanol–water partition coefficient (Wildman–Crippen LogP) is 3.71. The number of hydrogen-bond acceptors (Lipinski definition) is 2. The van der Waals surface area contributed by atoms with Gasteiger partial charge in [-0.3, -0.25) is 4.99 Å². The van der Waals surface area contributed by atoms with Crippen molar-refractivity contribution in [2.45, 2.75) is 5.60 Å². The number of nitrogens with zero attached hydrogens (tertiary/aromatic N) is 2. The van der Waals surface area contributed by atoms with Gasteiger partial charge < -0.3 is 9.64 Å². The highest BCUT2D eigenvalue weighted by molar-refractivity contribution is 6.31. The summed E-state index contributed by atoms with van der Waals surface area (Å²) in [7, 11) is 5.50. The molecule has 0 saturated heterocycles. The zero-order valence-electron chi connectivity index (χ0n) is 12.3. The van der Waals surface area contributed by atoms with Crippen LogP contribution in [0.5, 0.6) is 0 Å². The van der Waals surface area contributed by atoms with Crippen LogP contribution < -0.4 is 4.90 Å². The Labute approximate surface area is 129 Å². The van der Waals surface area contributed by atoms with Crippen LogP contribution in [0.4, 0.5) is 5.69 Å². The molecule has 108 valence electrons. The zero-order valence-corrected chi connectivity index (χ0v) is 13.1. The molecule has 2 aromatic carbocycles. The summed E-state index contributed by atoms with van der Waals surface area (Å²) in [5.74, 6) is 0.855. The van der Waals surface area contributed by atoms with Crippen LogP contribution in [-0.2, 0) is 10.3 Å². The van der Waals surface area contributed by atoms with Crippen LogP contribution in [0.1, 0.15) is 11.1 Å². The van der Waals surface area contributed by atoms with Crippen molar-refractivity contribution in [3.8, 4) is 0 Å². The first-order chi connectivity index (χ1) is 10.1. The van der Waals surface area contributed by atoms with Gasteiger partial charge in [0, 0.05) is 37.5 Å². The molecule has 1 aliphatic heterocycles. The Bertz CT molecular complexity index is 699. The number of benzene rings is 2. The van der Waals surface area contributed by atoms with Crippen molar-refractivity contribution in [2.75, 3.05) is 26.1 Å². The van der Waals surface area contributed by atoms with Gasteiger partial charge in [-0.05, 0) is 23.8 Å². The molecule has 0 aromatic heterocycles. The summed E-state index contributed by atoms with van der Waals surface area (Å²) in [4.78, 5) is 6.55. The van der Waals surface area contributed by atoms with E-state index in [1.807, 2.05) is 43.4 Å². The Kier molecular flexibility index (Phi) is 3.47. The minimum absolute atomic E-state index is 0.692. The van der Waals surface area contributed by atoms with Crippen molar-refractivity contribution in [3.05, 3.63) is 64.7 Å². The average Bonchev–Trinajstić information content (AvgIpc) is 2.76. The second kappa shape index (κ2) is 5.17. The van der Waals surface area contributed by atoms with Gasteiger partial charge in [-0.15, -0.1) is 0 Å². The van der Waals surface area contributed by atoms with E-state index < -0.39 is 5.60 Å². The predicted molar refractivity (Wildman–Crippen MR) is 87.4 cm³/mol. The summed E-state index contributed by atoms with van der Waals surface area (Å²) >= 11 is 6.22. The molecule has 2 aromatic rings. The molecule has 0 radical (unpaired) electrons. The van der Waals surface area contributed by atoms with Gasteiger partial charge in [0.1, 0.15) is 5.84 Å². The number of likely N-dealkylation sites (N-methyl/N-ethyl adjacent to an activating group) is 1. The fraction of sp³-hybridized carbons (Fsp3) is 0.235. The van der Waals surface area contributed by atoms with Crippen LogP contribution in [0.3, 0.4) is 0 Å². The van der Waals surface area contributed by atoms with E-state index in [9.17, 15) is 0 Å². The van der Waals surface area contributed by atoms with Gasteiger partial charge >= 0.3 is 0 Å². The van der Waals surface area contributed by atoms with Crippen molar-refractivity contribution < 1.29 is 4.74 Å². The van der Waals surface area contributed by atoms with Crippen LogP contribution in [0.25, 0.3) is 0 Å². The number of rotatable bonds is 2. The minimum Gasteiger partial charge on any atom is -0.361 e. The molecule has 21 heavy (non-hydrogen) atoms. The van der Waals surface area contributed by atoms with E-state index in [0.717, 1.165) is 22.6 Å². The standard InChI is InChI=1S/C17H17ClN2O/c1-19-16-17(21-3,12-7-5-4-6-8-12)14-11-13(18)9-10-15(14)20(16)2/h4-11H,1-3H3. The summed E-state index contributed by atoms with van der Waals surface area (Å²) < 4.78 is 6.01. The molecule has 1 heterocycles. The highest BCUT2D eigenvalue weighted by Crippen LogP contribution is 2.47. The third kappa shape index (κ3) is 1.88. The van der Waals surface area contributed by atoms with Crippen molar-refractivity contribution in [2.24, 2.45) is 4.99 Å².